The van der Waals surface area contributed by atoms with Crippen molar-refractivity contribution in [1.29, 1.82) is 0 Å². The normalized spacial score (nSPS) is 11.7. The lowest BCUT2D eigenvalue weighted by molar-refractivity contribution is 0.484. The average Bonchev–Trinajstić information content (AvgIpc) is 2.45. The van der Waals surface area contributed by atoms with Gasteiger partial charge in [0, 0.05) is 10.9 Å². The third-order valence-corrected chi connectivity index (χ3v) is 4.42. The highest BCUT2D eigenvalue weighted by atomic mass is 32.2. The summed E-state index contributed by atoms with van der Waals surface area (Å²) in [6, 6.07) is 18.3. The van der Waals surface area contributed by atoms with Gasteiger partial charge in [-0.2, -0.15) is 8.42 Å². The maximum Gasteiger partial charge on any atom is 0.295 e. The van der Waals surface area contributed by atoms with Gasteiger partial charge >= 0.3 is 0 Å². The van der Waals surface area contributed by atoms with E-state index < -0.39 is 10.1 Å². The van der Waals surface area contributed by atoms with E-state index in [4.69, 9.17) is 0 Å². The van der Waals surface area contributed by atoms with Gasteiger partial charge in [-0.1, -0.05) is 66.2 Å². The highest BCUT2D eigenvalue weighted by Gasteiger charge is 2.20. The van der Waals surface area contributed by atoms with Gasteiger partial charge in [0.2, 0.25) is 0 Å². The molecule has 3 nitrogen and oxygen atoms in total. The molecule has 0 radical (unpaired) electrons. The zero-order chi connectivity index (χ0) is 15.0. The molecule has 4 heteroatoms. The first-order valence-corrected chi connectivity index (χ1v) is 7.97. The van der Waals surface area contributed by atoms with Crippen LogP contribution in [0.4, 0.5) is 0 Å². The van der Waals surface area contributed by atoms with Crippen LogP contribution in [-0.4, -0.2) is 13.0 Å². The van der Waals surface area contributed by atoms with Gasteiger partial charge in [0.25, 0.3) is 10.1 Å². The van der Waals surface area contributed by atoms with E-state index in [-0.39, 0.29) is 4.90 Å². The first-order valence-electron chi connectivity index (χ1n) is 6.53. The summed E-state index contributed by atoms with van der Waals surface area (Å²) < 4.78 is 33.4. The quantitative estimate of drug-likeness (QED) is 0.726. The second kappa shape index (κ2) is 4.98. The van der Waals surface area contributed by atoms with Crippen molar-refractivity contribution in [3.05, 3.63) is 66.2 Å². The van der Waals surface area contributed by atoms with E-state index in [1.807, 2.05) is 49.4 Å². The van der Waals surface area contributed by atoms with Gasteiger partial charge in [-0.05, 0) is 17.9 Å². The van der Waals surface area contributed by atoms with E-state index in [0.717, 1.165) is 16.5 Å². The number of hydrogen-bond donors (Lipinski definition) is 1. The Balaban J connectivity index is 2.44. The van der Waals surface area contributed by atoms with Crippen molar-refractivity contribution in [2.24, 2.45) is 0 Å². The third kappa shape index (κ3) is 2.55. The van der Waals surface area contributed by atoms with E-state index in [1.165, 1.54) is 0 Å². The summed E-state index contributed by atoms with van der Waals surface area (Å²) in [5, 5.41) is 1.31. The molecule has 106 valence electrons. The van der Waals surface area contributed by atoms with Crippen molar-refractivity contribution in [2.75, 3.05) is 0 Å². The Morgan fingerprint density at radius 3 is 2.38 bits per heavy atom. The number of benzene rings is 3. The largest absolute Gasteiger partial charge is 0.295 e. The minimum Gasteiger partial charge on any atom is -0.282 e. The van der Waals surface area contributed by atoms with Crippen LogP contribution in [0.3, 0.4) is 0 Å². The lowest BCUT2D eigenvalue weighted by atomic mass is 10.00. The molecule has 0 fully saturated rings. The molecule has 0 unspecified atom stereocenters. The third-order valence-electron chi connectivity index (χ3n) is 3.47. The maximum atomic E-state index is 11.9. The standard InChI is InChI=1S/C17H14O3S/c1-12-5-4-7-14(11-12)16-10-9-13-6-2-3-8-15(13)17(16)21(18,19)20/h2-11H,1H3,(H,18,19,20). The summed E-state index contributed by atoms with van der Waals surface area (Å²) in [5.74, 6) is 0. The van der Waals surface area contributed by atoms with Gasteiger partial charge in [-0.3, -0.25) is 4.55 Å². The molecule has 0 saturated carbocycles. The second-order valence-electron chi connectivity index (χ2n) is 5.01. The van der Waals surface area contributed by atoms with Gasteiger partial charge < -0.3 is 0 Å². The maximum absolute atomic E-state index is 11.9. The fraction of sp³-hybridized carbons (Fsp3) is 0.0588. The highest BCUT2D eigenvalue weighted by Crippen LogP contribution is 2.34. The number of rotatable bonds is 2. The lowest BCUT2D eigenvalue weighted by Crippen LogP contribution is -2.02. The number of hydrogen-bond acceptors (Lipinski definition) is 2. The Morgan fingerprint density at radius 2 is 1.67 bits per heavy atom. The first kappa shape index (κ1) is 13.8. The molecule has 0 amide bonds. The van der Waals surface area contributed by atoms with Crippen LogP contribution in [-0.2, 0) is 10.1 Å². The Hall–Kier alpha value is -2.17. The van der Waals surface area contributed by atoms with Gasteiger partial charge in [0.1, 0.15) is 4.90 Å². The minimum atomic E-state index is -4.32. The summed E-state index contributed by atoms with van der Waals surface area (Å²) in [5.41, 5.74) is 2.32. The molecule has 3 rings (SSSR count). The van der Waals surface area contributed by atoms with Crippen LogP contribution >= 0.6 is 0 Å². The zero-order valence-electron chi connectivity index (χ0n) is 11.4. The molecule has 0 atom stereocenters. The van der Waals surface area contributed by atoms with Crippen LogP contribution in [0.25, 0.3) is 21.9 Å². The molecule has 0 bridgehead atoms. The Bertz CT molecular complexity index is 928. The summed E-state index contributed by atoms with van der Waals surface area (Å²) in [6.07, 6.45) is 0. The van der Waals surface area contributed by atoms with Crippen molar-refractivity contribution >= 4 is 20.9 Å². The Labute approximate surface area is 123 Å². The molecular weight excluding hydrogens is 284 g/mol. The average molecular weight is 298 g/mol. The molecular formula is C17H14O3S. The highest BCUT2D eigenvalue weighted by molar-refractivity contribution is 7.86. The van der Waals surface area contributed by atoms with Crippen LogP contribution in [0, 0.1) is 6.92 Å². The van der Waals surface area contributed by atoms with Crippen molar-refractivity contribution in [3.8, 4) is 11.1 Å². The smallest absolute Gasteiger partial charge is 0.282 e. The van der Waals surface area contributed by atoms with Crippen LogP contribution in [0.15, 0.2) is 65.6 Å². The Kier molecular flexibility index (Phi) is 3.27. The van der Waals surface area contributed by atoms with Gasteiger partial charge in [-0.25, -0.2) is 0 Å². The van der Waals surface area contributed by atoms with Crippen molar-refractivity contribution in [2.45, 2.75) is 11.8 Å². The molecule has 0 aliphatic rings. The Morgan fingerprint density at radius 1 is 0.905 bits per heavy atom. The van der Waals surface area contributed by atoms with E-state index in [1.54, 1.807) is 18.2 Å². The molecule has 0 heterocycles. The molecule has 0 saturated heterocycles. The molecule has 3 aromatic carbocycles. The van der Waals surface area contributed by atoms with Crippen LogP contribution < -0.4 is 0 Å². The number of aryl methyl sites for hydroxylation is 1. The van der Waals surface area contributed by atoms with E-state index >= 15 is 0 Å². The molecule has 0 aliphatic carbocycles. The molecule has 0 spiro atoms. The topological polar surface area (TPSA) is 54.4 Å². The summed E-state index contributed by atoms with van der Waals surface area (Å²) in [4.78, 5) is -0.0359. The molecule has 0 aliphatic heterocycles. The molecule has 21 heavy (non-hydrogen) atoms. The predicted octanol–water partition coefficient (Wildman–Crippen LogP) is 4.06. The zero-order valence-corrected chi connectivity index (χ0v) is 12.3. The monoisotopic (exact) mass is 298 g/mol. The van der Waals surface area contributed by atoms with Crippen molar-refractivity contribution in [3.63, 3.8) is 0 Å². The molecule has 3 aromatic rings. The molecule has 1 N–H and O–H groups in total. The van der Waals surface area contributed by atoms with E-state index in [9.17, 15) is 13.0 Å². The van der Waals surface area contributed by atoms with Gasteiger partial charge in [-0.15, -0.1) is 0 Å². The van der Waals surface area contributed by atoms with Crippen molar-refractivity contribution in [1.82, 2.24) is 0 Å². The summed E-state index contributed by atoms with van der Waals surface area (Å²) >= 11 is 0. The van der Waals surface area contributed by atoms with Gasteiger partial charge in [0.15, 0.2) is 0 Å². The fourth-order valence-corrected chi connectivity index (χ4v) is 3.49. The summed E-state index contributed by atoms with van der Waals surface area (Å²) in [7, 11) is -4.32. The van der Waals surface area contributed by atoms with E-state index in [2.05, 4.69) is 0 Å². The van der Waals surface area contributed by atoms with E-state index in [0.29, 0.717) is 10.9 Å². The predicted molar refractivity (Wildman–Crippen MR) is 83.9 cm³/mol. The first-order chi connectivity index (χ1) is 9.97. The molecule has 0 aromatic heterocycles. The fourth-order valence-electron chi connectivity index (χ4n) is 2.56. The second-order valence-corrected chi connectivity index (χ2v) is 6.37. The van der Waals surface area contributed by atoms with Gasteiger partial charge in [0.05, 0.1) is 0 Å². The summed E-state index contributed by atoms with van der Waals surface area (Å²) in [6.45, 7) is 1.94. The SMILES string of the molecule is Cc1cccc(-c2ccc3ccccc3c2S(=O)(=O)O)c1. The van der Waals surface area contributed by atoms with Crippen LogP contribution in [0.5, 0.6) is 0 Å². The number of fused-ring (bicyclic) bond motifs is 1. The minimum absolute atomic E-state index is 0.0359. The lowest BCUT2D eigenvalue weighted by Gasteiger charge is -2.11. The van der Waals surface area contributed by atoms with Crippen molar-refractivity contribution < 1.29 is 13.0 Å². The van der Waals surface area contributed by atoms with Crippen LogP contribution in [0.1, 0.15) is 5.56 Å². The van der Waals surface area contributed by atoms with Crippen LogP contribution in [0.2, 0.25) is 0 Å².